The number of hydrogen-bond acceptors (Lipinski definition) is 0. The van der Waals surface area contributed by atoms with E-state index < -0.39 is 11.6 Å². The third-order valence-corrected chi connectivity index (χ3v) is 4.69. The molecular weight excluding hydrogens is 230 g/mol. The Labute approximate surface area is 107 Å². The number of rotatable bonds is 0. The van der Waals surface area contributed by atoms with E-state index in [0.717, 1.165) is 36.8 Å². The molecule has 2 unspecified atom stereocenters. The minimum atomic E-state index is -0.551. The van der Waals surface area contributed by atoms with E-state index in [2.05, 4.69) is 13.8 Å². The minimum Gasteiger partial charge on any atom is -0.203 e. The lowest BCUT2D eigenvalue weighted by Gasteiger charge is -2.30. The van der Waals surface area contributed by atoms with E-state index in [-0.39, 0.29) is 0 Å². The molecule has 3 rings (SSSR count). The van der Waals surface area contributed by atoms with Crippen LogP contribution in [0.5, 0.6) is 0 Å². The van der Waals surface area contributed by atoms with Gasteiger partial charge in [-0.2, -0.15) is 0 Å². The normalized spacial score (nSPS) is 26.7. The average Bonchev–Trinajstić information content (AvgIpc) is 2.36. The van der Waals surface area contributed by atoms with E-state index >= 15 is 0 Å². The van der Waals surface area contributed by atoms with Crippen LogP contribution in [0.2, 0.25) is 0 Å². The number of fused-ring (bicyclic) bond motifs is 3. The van der Waals surface area contributed by atoms with Crippen LogP contribution in [0.15, 0.2) is 0 Å². The van der Waals surface area contributed by atoms with Crippen molar-refractivity contribution in [1.29, 1.82) is 0 Å². The zero-order valence-corrected chi connectivity index (χ0v) is 11.2. The summed E-state index contributed by atoms with van der Waals surface area (Å²) in [6.45, 7) is 4.25. The lowest BCUT2D eigenvalue weighted by molar-refractivity contribution is 0.417. The molecule has 18 heavy (non-hydrogen) atoms. The maximum atomic E-state index is 14.2. The predicted molar refractivity (Wildman–Crippen MR) is 68.7 cm³/mol. The molecule has 0 aromatic heterocycles. The Morgan fingerprint density at radius 1 is 0.722 bits per heavy atom. The van der Waals surface area contributed by atoms with Crippen molar-refractivity contribution in [2.24, 2.45) is 11.8 Å². The second kappa shape index (κ2) is 4.32. The van der Waals surface area contributed by atoms with E-state index in [1.165, 1.54) is 0 Å². The summed E-state index contributed by atoms with van der Waals surface area (Å²) in [5.41, 5.74) is 3.65. The van der Waals surface area contributed by atoms with Crippen molar-refractivity contribution in [2.45, 2.75) is 52.4 Å². The Bertz CT molecular complexity index is 446. The van der Waals surface area contributed by atoms with Crippen molar-refractivity contribution >= 4 is 0 Å². The van der Waals surface area contributed by atoms with Crippen LogP contribution in [0.4, 0.5) is 8.78 Å². The first-order valence-corrected chi connectivity index (χ1v) is 7.08. The van der Waals surface area contributed by atoms with E-state index in [0.29, 0.717) is 35.8 Å². The summed E-state index contributed by atoms with van der Waals surface area (Å²) in [7, 11) is 0. The molecule has 0 bridgehead atoms. The number of hydrogen-bond donors (Lipinski definition) is 0. The summed E-state index contributed by atoms with van der Waals surface area (Å²) >= 11 is 0. The maximum Gasteiger partial charge on any atom is 0.162 e. The molecule has 1 aromatic rings. The van der Waals surface area contributed by atoms with Gasteiger partial charge in [0.1, 0.15) is 0 Å². The van der Waals surface area contributed by atoms with E-state index in [4.69, 9.17) is 0 Å². The van der Waals surface area contributed by atoms with Crippen LogP contribution in [0.25, 0.3) is 0 Å². The van der Waals surface area contributed by atoms with Gasteiger partial charge in [0.2, 0.25) is 0 Å². The van der Waals surface area contributed by atoms with Gasteiger partial charge in [0.15, 0.2) is 11.6 Å². The second-order valence-corrected chi connectivity index (χ2v) is 6.24. The van der Waals surface area contributed by atoms with Gasteiger partial charge in [0.05, 0.1) is 0 Å². The molecule has 98 valence electrons. The summed E-state index contributed by atoms with van der Waals surface area (Å²) in [5.74, 6) is -0.146. The highest BCUT2D eigenvalue weighted by molar-refractivity contribution is 5.46. The van der Waals surface area contributed by atoms with E-state index in [1.54, 1.807) is 0 Å². The zero-order chi connectivity index (χ0) is 12.9. The Hall–Kier alpha value is -0.920. The molecule has 0 radical (unpaired) electrons. The van der Waals surface area contributed by atoms with Crippen molar-refractivity contribution in [3.63, 3.8) is 0 Å². The van der Waals surface area contributed by atoms with Gasteiger partial charge >= 0.3 is 0 Å². The topological polar surface area (TPSA) is 0 Å². The fourth-order valence-corrected chi connectivity index (χ4v) is 3.61. The molecule has 0 spiro atoms. The molecule has 2 aliphatic rings. The van der Waals surface area contributed by atoms with Crippen LogP contribution in [-0.2, 0) is 25.7 Å². The lowest BCUT2D eigenvalue weighted by Crippen LogP contribution is -2.23. The second-order valence-electron chi connectivity index (χ2n) is 6.24. The molecular formula is C16H20F2. The van der Waals surface area contributed by atoms with Crippen molar-refractivity contribution in [3.8, 4) is 0 Å². The van der Waals surface area contributed by atoms with Crippen LogP contribution >= 0.6 is 0 Å². The first-order valence-electron chi connectivity index (χ1n) is 7.08. The third kappa shape index (κ3) is 1.77. The maximum absolute atomic E-state index is 14.2. The van der Waals surface area contributed by atoms with Crippen LogP contribution < -0.4 is 0 Å². The molecule has 0 nitrogen and oxygen atoms in total. The average molecular weight is 250 g/mol. The molecule has 2 aliphatic carbocycles. The summed E-state index contributed by atoms with van der Waals surface area (Å²) in [6.07, 6.45) is 5.51. The zero-order valence-electron chi connectivity index (χ0n) is 11.2. The van der Waals surface area contributed by atoms with Gasteiger partial charge in [0.25, 0.3) is 0 Å². The number of halogens is 2. The molecule has 2 atom stereocenters. The van der Waals surface area contributed by atoms with E-state index in [9.17, 15) is 8.78 Å². The Kier molecular flexibility index (Phi) is 2.91. The van der Waals surface area contributed by atoms with Gasteiger partial charge in [-0.25, -0.2) is 8.78 Å². The quantitative estimate of drug-likeness (QED) is 0.647. The van der Waals surface area contributed by atoms with E-state index in [1.807, 2.05) is 0 Å². The standard InChI is InChI=1S/C16H20F2/c1-9-3-5-11-12-6-4-10(2)8-14(12)16(18)15(17)13(11)7-9/h9-10H,3-8H2,1-2H3. The van der Waals surface area contributed by atoms with Crippen molar-refractivity contribution in [2.75, 3.05) is 0 Å². The highest BCUT2D eigenvalue weighted by atomic mass is 19.2. The monoisotopic (exact) mass is 250 g/mol. The smallest absolute Gasteiger partial charge is 0.162 e. The molecule has 0 saturated carbocycles. The van der Waals surface area contributed by atoms with Gasteiger partial charge in [-0.3, -0.25) is 0 Å². The predicted octanol–water partition coefficient (Wildman–Crippen LogP) is 4.21. The molecule has 0 fully saturated rings. The largest absolute Gasteiger partial charge is 0.203 e. The molecule has 2 heteroatoms. The lowest BCUT2D eigenvalue weighted by atomic mass is 9.75. The van der Waals surface area contributed by atoms with Gasteiger partial charge in [0, 0.05) is 0 Å². The fraction of sp³-hybridized carbons (Fsp3) is 0.625. The molecule has 1 aromatic carbocycles. The van der Waals surface area contributed by atoms with Crippen LogP contribution in [-0.4, -0.2) is 0 Å². The van der Waals surface area contributed by atoms with Gasteiger partial charge in [-0.05, 0) is 72.6 Å². The summed E-state index contributed by atoms with van der Waals surface area (Å²) in [4.78, 5) is 0. The van der Waals surface area contributed by atoms with Crippen LogP contribution in [0.3, 0.4) is 0 Å². The van der Waals surface area contributed by atoms with Gasteiger partial charge in [-0.15, -0.1) is 0 Å². The summed E-state index contributed by atoms with van der Waals surface area (Å²) in [5, 5.41) is 0. The highest BCUT2D eigenvalue weighted by Gasteiger charge is 2.30. The van der Waals surface area contributed by atoms with Crippen LogP contribution in [0, 0.1) is 23.5 Å². The SMILES string of the molecule is CC1CCc2c(c(F)c(F)c3c2CCC(C)C3)C1. The van der Waals surface area contributed by atoms with Crippen molar-refractivity contribution in [3.05, 3.63) is 33.9 Å². The Morgan fingerprint density at radius 2 is 1.11 bits per heavy atom. The third-order valence-electron chi connectivity index (χ3n) is 4.69. The summed E-state index contributed by atoms with van der Waals surface area (Å²) in [6, 6.07) is 0. The van der Waals surface area contributed by atoms with Crippen LogP contribution in [0.1, 0.15) is 48.9 Å². The molecule has 0 amide bonds. The number of benzene rings is 1. The Balaban J connectivity index is 2.18. The highest BCUT2D eigenvalue weighted by Crippen LogP contribution is 2.38. The molecule has 0 aliphatic heterocycles. The van der Waals surface area contributed by atoms with Crippen molar-refractivity contribution in [1.82, 2.24) is 0 Å². The summed E-state index contributed by atoms with van der Waals surface area (Å²) < 4.78 is 28.4. The first-order chi connectivity index (χ1) is 8.58. The fourth-order valence-electron chi connectivity index (χ4n) is 3.61. The first kappa shape index (κ1) is 12.1. The Morgan fingerprint density at radius 3 is 1.50 bits per heavy atom. The molecule has 0 saturated heterocycles. The molecule has 0 heterocycles. The minimum absolute atomic E-state index is 0.479. The molecule has 0 N–H and O–H groups in total. The van der Waals surface area contributed by atoms with Gasteiger partial charge in [-0.1, -0.05) is 13.8 Å². The van der Waals surface area contributed by atoms with Crippen molar-refractivity contribution < 1.29 is 8.78 Å². The van der Waals surface area contributed by atoms with Gasteiger partial charge < -0.3 is 0 Å².